The molecule has 2 aliphatic heterocycles. The summed E-state index contributed by atoms with van der Waals surface area (Å²) in [5.41, 5.74) is 3.72. The number of hydrogen-bond acceptors (Lipinski definition) is 12. The summed E-state index contributed by atoms with van der Waals surface area (Å²) in [5, 5.41) is 29.8. The first-order valence-corrected chi connectivity index (χ1v) is 17.9. The summed E-state index contributed by atoms with van der Waals surface area (Å²) in [5.74, 6) is 2.21. The maximum absolute atomic E-state index is 11.8. The molecule has 2 heterocycles. The molecule has 7 rings (SSSR count). The summed E-state index contributed by atoms with van der Waals surface area (Å²) in [6.07, 6.45) is -0.972. The zero-order valence-electron chi connectivity index (χ0n) is 30.3. The number of esters is 2. The second kappa shape index (κ2) is 18.5. The molecule has 0 spiro atoms. The Kier molecular flexibility index (Phi) is 13.1. The number of phenols is 1. The lowest BCUT2D eigenvalue weighted by Gasteiger charge is -2.12. The molecule has 0 fully saturated rings. The Morgan fingerprint density at radius 1 is 0.600 bits per heavy atom. The molecular weight excluding hydrogens is 706 g/mol. The van der Waals surface area contributed by atoms with Crippen LogP contribution in [0, 0.1) is 0 Å². The van der Waals surface area contributed by atoms with Crippen LogP contribution >= 0.6 is 0 Å². The van der Waals surface area contributed by atoms with Crippen LogP contribution in [-0.2, 0) is 35.0 Å². The molecule has 55 heavy (non-hydrogen) atoms. The van der Waals surface area contributed by atoms with Gasteiger partial charge in [-0.3, -0.25) is 9.59 Å². The van der Waals surface area contributed by atoms with E-state index < -0.39 is 26.4 Å². The predicted octanol–water partition coefficient (Wildman–Crippen LogP) is 5.67. The topological polar surface area (TPSA) is 159 Å². The van der Waals surface area contributed by atoms with Gasteiger partial charge >= 0.3 is 26.2 Å². The average Bonchev–Trinajstić information content (AvgIpc) is 3.65. The quantitative estimate of drug-likeness (QED) is 0.100. The van der Waals surface area contributed by atoms with Crippen molar-refractivity contribution in [1.29, 1.82) is 0 Å². The molecule has 0 aromatic heterocycles. The lowest BCUT2D eigenvalue weighted by molar-refractivity contribution is -0.146. The fourth-order valence-corrected chi connectivity index (χ4v) is 6.10. The zero-order valence-corrected chi connectivity index (χ0v) is 30.3. The van der Waals surface area contributed by atoms with Crippen molar-refractivity contribution in [2.24, 2.45) is 0 Å². The van der Waals surface area contributed by atoms with Crippen LogP contribution in [0.5, 0.6) is 34.5 Å². The highest BCUT2D eigenvalue weighted by Gasteiger charge is 2.38. The van der Waals surface area contributed by atoms with E-state index in [1.165, 1.54) is 6.07 Å². The molecule has 2 aliphatic rings. The second-order valence-electron chi connectivity index (χ2n) is 12.5. The van der Waals surface area contributed by atoms with Crippen molar-refractivity contribution < 1.29 is 57.7 Å². The van der Waals surface area contributed by atoms with Crippen molar-refractivity contribution >= 4 is 37.1 Å². The van der Waals surface area contributed by atoms with Crippen LogP contribution in [0.3, 0.4) is 0 Å². The number of ether oxygens (including phenoxy) is 5. The molecule has 0 saturated carbocycles. The first-order valence-electron chi connectivity index (χ1n) is 17.9. The molecule has 12 nitrogen and oxygen atoms in total. The van der Waals surface area contributed by atoms with E-state index in [9.17, 15) is 24.7 Å². The Morgan fingerprint density at radius 3 is 1.62 bits per heavy atom. The van der Waals surface area contributed by atoms with E-state index in [2.05, 4.69) is 0 Å². The molecule has 2 unspecified atom stereocenters. The highest BCUT2D eigenvalue weighted by Crippen LogP contribution is 2.33. The molecule has 5 aromatic rings. The molecule has 0 amide bonds. The van der Waals surface area contributed by atoms with Gasteiger partial charge in [-0.1, -0.05) is 54.6 Å². The van der Waals surface area contributed by atoms with Gasteiger partial charge in [0.05, 0.1) is 38.3 Å². The number of rotatable bonds is 13. The van der Waals surface area contributed by atoms with E-state index in [4.69, 9.17) is 33.0 Å². The minimum atomic E-state index is -1.12. The number of phenolic OH excluding ortho intramolecular Hbond substituents is 1. The molecule has 2 atom stereocenters. The number of fused-ring (bicyclic) bond motifs is 2. The summed E-state index contributed by atoms with van der Waals surface area (Å²) < 4.78 is 38.3. The van der Waals surface area contributed by atoms with Crippen molar-refractivity contribution in [3.05, 3.63) is 132 Å². The first kappa shape index (κ1) is 38.9. The molecule has 3 N–H and O–H groups in total. The summed E-state index contributed by atoms with van der Waals surface area (Å²) >= 11 is 0. The lowest BCUT2D eigenvalue weighted by atomic mass is 9.79. The van der Waals surface area contributed by atoms with Crippen molar-refractivity contribution in [1.82, 2.24) is 0 Å². The van der Waals surface area contributed by atoms with E-state index in [0.29, 0.717) is 59.5 Å². The molecular formula is C41H40B2O12. The Hall–Kier alpha value is -5.79. The molecule has 282 valence electrons. The van der Waals surface area contributed by atoms with Gasteiger partial charge in [0.2, 0.25) is 0 Å². The second-order valence-corrected chi connectivity index (χ2v) is 12.5. The van der Waals surface area contributed by atoms with Gasteiger partial charge < -0.3 is 48.1 Å². The minimum absolute atomic E-state index is 0.0463. The smallest absolute Gasteiger partial charge is 0.492 e. The fraction of sp³-hybridized carbons (Fsp3) is 0.220. The Bertz CT molecular complexity index is 2080. The first-order chi connectivity index (χ1) is 26.7. The molecule has 5 aromatic carbocycles. The third kappa shape index (κ3) is 10.5. The van der Waals surface area contributed by atoms with E-state index in [1.54, 1.807) is 68.4 Å². The average molecular weight is 746 g/mol. The van der Waals surface area contributed by atoms with Crippen LogP contribution in [0.15, 0.2) is 115 Å². The number of aromatic hydroxyl groups is 1. The fourth-order valence-electron chi connectivity index (χ4n) is 6.10. The Balaban J connectivity index is 0.000000193. The Labute approximate surface area is 319 Å². The summed E-state index contributed by atoms with van der Waals surface area (Å²) in [6.45, 7) is 4.57. The van der Waals surface area contributed by atoms with Crippen molar-refractivity contribution in [3.63, 3.8) is 0 Å². The lowest BCUT2D eigenvalue weighted by Crippen LogP contribution is -2.28. The number of carbonyl (C=O) groups excluding carboxylic acids is 2. The van der Waals surface area contributed by atoms with E-state index in [-0.39, 0.29) is 30.5 Å². The van der Waals surface area contributed by atoms with Crippen molar-refractivity contribution in [3.8, 4) is 34.5 Å². The van der Waals surface area contributed by atoms with Crippen molar-refractivity contribution in [2.45, 2.75) is 45.5 Å². The van der Waals surface area contributed by atoms with Crippen LogP contribution in [0.4, 0.5) is 0 Å². The number of carbonyl (C=O) groups is 2. The van der Waals surface area contributed by atoms with Crippen LogP contribution in [0.25, 0.3) is 0 Å². The molecule has 0 radical (unpaired) electrons. The predicted molar refractivity (Wildman–Crippen MR) is 204 cm³/mol. The van der Waals surface area contributed by atoms with Crippen LogP contribution in [0.1, 0.15) is 55.6 Å². The zero-order chi connectivity index (χ0) is 38.7. The van der Waals surface area contributed by atoms with E-state index in [0.717, 1.165) is 16.7 Å². The summed E-state index contributed by atoms with van der Waals surface area (Å²) in [7, 11) is -2.23. The van der Waals surface area contributed by atoms with E-state index in [1.807, 2.05) is 54.6 Å². The SMILES string of the molecule is CCOC(=O)CC1OB(O)c2cc(Oc3cccc(O)c3)ccc21.CCOC(=O)CC1OB(O)c2cc(Oc3cccc(OCc4ccccc4)c3)ccc21. The molecule has 0 saturated heterocycles. The third-order valence-corrected chi connectivity index (χ3v) is 8.59. The standard InChI is InChI=1S/C24H23BO6.C17H17BO6/c1-2-28-24(26)15-23-21-12-11-20(14-22(21)25(27)31-23)30-19-10-6-9-18(13-19)29-16-17-7-4-3-5-8-17;1-2-22-17(20)10-16-14-7-6-13(9-15(14)18(21)24-16)23-12-5-3-4-11(19)8-12/h3-14,23,27H,2,15-16H2,1H3;3-9,16,19,21H,2,10H2,1H3. The Morgan fingerprint density at radius 2 is 1.09 bits per heavy atom. The van der Waals surface area contributed by atoms with Crippen molar-refractivity contribution in [2.75, 3.05) is 13.2 Å². The number of benzene rings is 5. The van der Waals surface area contributed by atoms with Gasteiger partial charge in [0.1, 0.15) is 41.1 Å². The molecule has 0 aliphatic carbocycles. The maximum atomic E-state index is 11.8. The van der Waals surface area contributed by atoms with Crippen LogP contribution in [-0.4, -0.2) is 54.5 Å². The summed E-state index contributed by atoms with van der Waals surface area (Å²) in [6, 6.07) is 34.2. The molecule has 14 heteroatoms. The van der Waals surface area contributed by atoms with Gasteiger partial charge in [-0.2, -0.15) is 0 Å². The largest absolute Gasteiger partial charge is 0.508 e. The van der Waals surface area contributed by atoms with Gasteiger partial charge in [-0.05, 0) is 90.0 Å². The molecule has 0 bridgehead atoms. The van der Waals surface area contributed by atoms with E-state index >= 15 is 0 Å². The monoisotopic (exact) mass is 746 g/mol. The van der Waals surface area contributed by atoms with Gasteiger partial charge in [0.15, 0.2) is 0 Å². The van der Waals surface area contributed by atoms with Crippen LogP contribution in [0.2, 0.25) is 0 Å². The van der Waals surface area contributed by atoms with Crippen LogP contribution < -0.4 is 25.1 Å². The maximum Gasteiger partial charge on any atom is 0.492 e. The van der Waals surface area contributed by atoms with Gasteiger partial charge in [0, 0.05) is 12.1 Å². The highest BCUT2D eigenvalue weighted by atomic mass is 16.6. The highest BCUT2D eigenvalue weighted by molar-refractivity contribution is 6.62. The van der Waals surface area contributed by atoms with Gasteiger partial charge in [-0.25, -0.2) is 0 Å². The normalized spacial score (nSPS) is 15.3. The van der Waals surface area contributed by atoms with Gasteiger partial charge in [0.25, 0.3) is 0 Å². The number of hydrogen-bond donors (Lipinski definition) is 3. The van der Waals surface area contributed by atoms with Gasteiger partial charge in [-0.15, -0.1) is 0 Å². The minimum Gasteiger partial charge on any atom is -0.508 e. The third-order valence-electron chi connectivity index (χ3n) is 8.59. The summed E-state index contributed by atoms with van der Waals surface area (Å²) in [4.78, 5) is 23.4.